The van der Waals surface area contributed by atoms with Gasteiger partial charge in [-0.3, -0.25) is 0 Å². The fraction of sp³-hybridized carbons (Fsp3) is 0.500. The fourth-order valence-corrected chi connectivity index (χ4v) is 1.93. The first-order valence-corrected chi connectivity index (χ1v) is 5.77. The number of hydrogen-bond donors (Lipinski definition) is 0. The smallest absolute Gasteiger partial charge is 0.0829 e. The van der Waals surface area contributed by atoms with Gasteiger partial charge in [-0.25, -0.2) is 0 Å². The molecule has 0 saturated heterocycles. The first-order chi connectivity index (χ1) is 7.42. The molecule has 15 heavy (non-hydrogen) atoms. The number of rotatable bonds is 1. The van der Waals surface area contributed by atoms with Gasteiger partial charge >= 0.3 is 0 Å². The van der Waals surface area contributed by atoms with Gasteiger partial charge in [-0.2, -0.15) is 0 Å². The van der Waals surface area contributed by atoms with Crippen molar-refractivity contribution in [2.24, 2.45) is 0 Å². The van der Waals surface area contributed by atoms with E-state index in [4.69, 9.17) is 4.74 Å². The summed E-state index contributed by atoms with van der Waals surface area (Å²) in [5.74, 6) is 0. The largest absolute Gasteiger partial charge is 0.377 e. The van der Waals surface area contributed by atoms with E-state index in [9.17, 15) is 0 Å². The zero-order valence-corrected chi connectivity index (χ0v) is 9.92. The molecule has 0 aliphatic heterocycles. The first kappa shape index (κ1) is 12.0. The second-order valence-electron chi connectivity index (χ2n) is 3.41. The Labute approximate surface area is 92.8 Å². The Bertz CT molecular complexity index is 314. The Kier molecular flexibility index (Phi) is 5.17. The molecule has 0 aromatic heterocycles. The molecule has 2 aliphatic carbocycles. The molecule has 0 radical (unpaired) electrons. The van der Waals surface area contributed by atoms with Crippen LogP contribution in [0.15, 0.2) is 41.2 Å². The highest BCUT2D eigenvalue weighted by Crippen LogP contribution is 2.30. The van der Waals surface area contributed by atoms with Crippen LogP contribution in [0.5, 0.6) is 0 Å². The monoisotopic (exact) mass is 204 g/mol. The zero-order valence-electron chi connectivity index (χ0n) is 9.92. The predicted molar refractivity (Wildman–Crippen MR) is 64.8 cm³/mol. The third kappa shape index (κ3) is 2.95. The SMILES string of the molecule is CC.CO[C@@H]1CCCC2=C=CC=CC=C21. The highest BCUT2D eigenvalue weighted by Gasteiger charge is 2.21. The van der Waals surface area contributed by atoms with Gasteiger partial charge in [-0.15, -0.1) is 5.73 Å². The van der Waals surface area contributed by atoms with Gasteiger partial charge in [0.05, 0.1) is 6.10 Å². The molecule has 2 rings (SSSR count). The second kappa shape index (κ2) is 6.44. The van der Waals surface area contributed by atoms with Crippen molar-refractivity contribution in [3.05, 3.63) is 41.2 Å². The Morgan fingerprint density at radius 1 is 1.33 bits per heavy atom. The van der Waals surface area contributed by atoms with Gasteiger partial charge < -0.3 is 4.74 Å². The van der Waals surface area contributed by atoms with Crippen molar-refractivity contribution < 1.29 is 4.74 Å². The van der Waals surface area contributed by atoms with Gasteiger partial charge in [-0.1, -0.05) is 32.1 Å². The summed E-state index contributed by atoms with van der Waals surface area (Å²) in [6.45, 7) is 4.00. The van der Waals surface area contributed by atoms with E-state index in [0.717, 1.165) is 12.8 Å². The average molecular weight is 204 g/mol. The molecule has 0 bridgehead atoms. The molecule has 2 aliphatic rings. The molecule has 82 valence electrons. The van der Waals surface area contributed by atoms with E-state index in [2.05, 4.69) is 17.9 Å². The normalized spacial score (nSPS) is 23.0. The van der Waals surface area contributed by atoms with E-state index in [1.54, 1.807) is 7.11 Å². The quantitative estimate of drug-likeness (QED) is 0.590. The molecule has 1 saturated carbocycles. The Hall–Kier alpha value is -1.04. The molecule has 1 heteroatoms. The Morgan fingerprint density at radius 2 is 2.13 bits per heavy atom. The standard InChI is InChI=1S/C12H14O.C2H6/c1-13-12-9-5-7-10-6-3-2-4-8-11(10)12;1-2/h2-4,8,12H,5,7,9H2,1H3;1-2H3/t12-;/m1./s1. The molecule has 0 heterocycles. The Balaban J connectivity index is 0.000000531. The lowest BCUT2D eigenvalue weighted by atomic mass is 9.87. The summed E-state index contributed by atoms with van der Waals surface area (Å²) in [5, 5.41) is 0. The summed E-state index contributed by atoms with van der Waals surface area (Å²) in [4.78, 5) is 0. The van der Waals surface area contributed by atoms with Gasteiger partial charge in [0.15, 0.2) is 0 Å². The fourth-order valence-electron chi connectivity index (χ4n) is 1.93. The summed E-state index contributed by atoms with van der Waals surface area (Å²) in [5.41, 5.74) is 5.94. The number of allylic oxidation sites excluding steroid dienone is 3. The van der Waals surface area contributed by atoms with E-state index in [0.29, 0.717) is 0 Å². The maximum absolute atomic E-state index is 5.44. The lowest BCUT2D eigenvalue weighted by Gasteiger charge is -2.25. The van der Waals surface area contributed by atoms with Crippen LogP contribution in [0.25, 0.3) is 0 Å². The average Bonchev–Trinajstić information content (AvgIpc) is 2.56. The topological polar surface area (TPSA) is 9.23 Å². The van der Waals surface area contributed by atoms with Gasteiger partial charge in [-0.05, 0) is 36.5 Å². The van der Waals surface area contributed by atoms with Crippen LogP contribution in [0.4, 0.5) is 0 Å². The minimum absolute atomic E-state index is 0.285. The van der Waals surface area contributed by atoms with E-state index in [-0.39, 0.29) is 6.10 Å². The van der Waals surface area contributed by atoms with E-state index in [1.807, 2.05) is 26.0 Å². The molecule has 0 aromatic rings. The van der Waals surface area contributed by atoms with Crippen molar-refractivity contribution in [1.82, 2.24) is 0 Å². The summed E-state index contributed by atoms with van der Waals surface area (Å²) in [6.07, 6.45) is 12.0. The number of methoxy groups -OCH3 is 1. The van der Waals surface area contributed by atoms with Crippen molar-refractivity contribution in [3.8, 4) is 0 Å². The van der Waals surface area contributed by atoms with E-state index in [1.165, 1.54) is 17.6 Å². The van der Waals surface area contributed by atoms with E-state index >= 15 is 0 Å². The first-order valence-electron chi connectivity index (χ1n) is 5.77. The number of ether oxygens (including phenoxy) is 1. The molecular formula is C14H20O. The molecule has 0 aromatic carbocycles. The van der Waals surface area contributed by atoms with Crippen molar-refractivity contribution in [2.75, 3.05) is 7.11 Å². The second-order valence-corrected chi connectivity index (χ2v) is 3.41. The molecule has 0 amide bonds. The minimum atomic E-state index is 0.285. The van der Waals surface area contributed by atoms with Crippen molar-refractivity contribution in [1.29, 1.82) is 0 Å². The highest BCUT2D eigenvalue weighted by atomic mass is 16.5. The summed E-state index contributed by atoms with van der Waals surface area (Å²) >= 11 is 0. The van der Waals surface area contributed by atoms with Gasteiger partial charge in [0.1, 0.15) is 0 Å². The van der Waals surface area contributed by atoms with Crippen molar-refractivity contribution in [2.45, 2.75) is 39.2 Å². The summed E-state index contributed by atoms with van der Waals surface area (Å²) in [6, 6.07) is 0. The lowest BCUT2D eigenvalue weighted by Crippen LogP contribution is -2.19. The van der Waals surface area contributed by atoms with Gasteiger partial charge in [0, 0.05) is 7.11 Å². The number of fused-ring (bicyclic) bond motifs is 1. The molecule has 0 spiro atoms. The van der Waals surface area contributed by atoms with Crippen LogP contribution in [0, 0.1) is 0 Å². The van der Waals surface area contributed by atoms with Crippen LogP contribution in [0.2, 0.25) is 0 Å². The minimum Gasteiger partial charge on any atom is -0.377 e. The van der Waals surface area contributed by atoms with Crippen molar-refractivity contribution in [3.63, 3.8) is 0 Å². The zero-order chi connectivity index (χ0) is 11.1. The molecule has 0 N–H and O–H groups in total. The summed E-state index contributed by atoms with van der Waals surface area (Å²) in [7, 11) is 1.78. The van der Waals surface area contributed by atoms with Crippen LogP contribution >= 0.6 is 0 Å². The molecule has 1 atom stereocenters. The Morgan fingerprint density at radius 3 is 2.87 bits per heavy atom. The third-order valence-electron chi connectivity index (χ3n) is 2.61. The maximum atomic E-state index is 5.44. The number of hydrogen-bond acceptors (Lipinski definition) is 1. The van der Waals surface area contributed by atoms with Gasteiger partial charge in [0.25, 0.3) is 0 Å². The highest BCUT2D eigenvalue weighted by molar-refractivity contribution is 5.41. The van der Waals surface area contributed by atoms with Crippen molar-refractivity contribution >= 4 is 0 Å². The lowest BCUT2D eigenvalue weighted by molar-refractivity contribution is 0.118. The van der Waals surface area contributed by atoms with Crippen LogP contribution in [-0.4, -0.2) is 13.2 Å². The summed E-state index contributed by atoms with van der Waals surface area (Å²) < 4.78 is 5.44. The molecule has 0 unspecified atom stereocenters. The van der Waals surface area contributed by atoms with Crippen LogP contribution in [0.1, 0.15) is 33.1 Å². The van der Waals surface area contributed by atoms with Gasteiger partial charge in [0.2, 0.25) is 0 Å². The molecule has 1 nitrogen and oxygen atoms in total. The maximum Gasteiger partial charge on any atom is 0.0829 e. The molecule has 1 fully saturated rings. The van der Waals surface area contributed by atoms with Crippen LogP contribution in [0.3, 0.4) is 0 Å². The van der Waals surface area contributed by atoms with Crippen LogP contribution < -0.4 is 0 Å². The van der Waals surface area contributed by atoms with E-state index < -0.39 is 0 Å². The third-order valence-corrected chi connectivity index (χ3v) is 2.61. The predicted octanol–water partition coefficient (Wildman–Crippen LogP) is 3.79. The molecular weight excluding hydrogens is 184 g/mol. The van der Waals surface area contributed by atoms with Crippen LogP contribution in [-0.2, 0) is 4.74 Å².